The second-order valence-electron chi connectivity index (χ2n) is 6.61. The van der Waals surface area contributed by atoms with Crippen molar-refractivity contribution in [2.24, 2.45) is 11.3 Å². The number of carbonyl (C=O) groups is 1. The summed E-state index contributed by atoms with van der Waals surface area (Å²) in [7, 11) is 0. The number of hydrogen-bond donors (Lipinski definition) is 0. The molecule has 20 heavy (non-hydrogen) atoms. The Kier molecular flexibility index (Phi) is 4.36. The number of benzene rings is 1. The van der Waals surface area contributed by atoms with E-state index in [9.17, 15) is 4.79 Å². The second kappa shape index (κ2) is 5.86. The summed E-state index contributed by atoms with van der Waals surface area (Å²) >= 11 is 0. The average molecular weight is 276 g/mol. The van der Waals surface area contributed by atoms with E-state index in [0.717, 1.165) is 12.2 Å². The summed E-state index contributed by atoms with van der Waals surface area (Å²) in [5, 5.41) is 0. The molecule has 1 aliphatic heterocycles. The Morgan fingerprint density at radius 2 is 1.85 bits per heavy atom. The van der Waals surface area contributed by atoms with Gasteiger partial charge in [0.2, 0.25) is 0 Å². The van der Waals surface area contributed by atoms with Gasteiger partial charge in [-0.25, -0.2) is 0 Å². The molecule has 1 unspecified atom stereocenters. The van der Waals surface area contributed by atoms with E-state index in [0.29, 0.717) is 36.9 Å². The van der Waals surface area contributed by atoms with Crippen molar-refractivity contribution in [3.8, 4) is 11.5 Å². The first-order chi connectivity index (χ1) is 9.38. The van der Waals surface area contributed by atoms with Gasteiger partial charge in [0, 0.05) is 18.4 Å². The molecule has 0 N–H and O–H groups in total. The van der Waals surface area contributed by atoms with Gasteiger partial charge in [-0.05, 0) is 29.5 Å². The van der Waals surface area contributed by atoms with E-state index in [2.05, 4.69) is 27.7 Å². The van der Waals surface area contributed by atoms with Crippen molar-refractivity contribution in [1.82, 2.24) is 0 Å². The fourth-order valence-electron chi connectivity index (χ4n) is 2.04. The molecule has 110 valence electrons. The highest BCUT2D eigenvalue weighted by atomic mass is 16.5. The lowest BCUT2D eigenvalue weighted by atomic mass is 9.78. The highest BCUT2D eigenvalue weighted by Gasteiger charge is 2.23. The van der Waals surface area contributed by atoms with Gasteiger partial charge in [0.15, 0.2) is 17.3 Å². The largest absolute Gasteiger partial charge is 0.490 e. The minimum atomic E-state index is 0.140. The van der Waals surface area contributed by atoms with Crippen LogP contribution in [0.5, 0.6) is 11.5 Å². The Morgan fingerprint density at radius 1 is 1.20 bits per heavy atom. The van der Waals surface area contributed by atoms with Crippen LogP contribution in [0.15, 0.2) is 18.2 Å². The van der Waals surface area contributed by atoms with Crippen LogP contribution in [0.25, 0.3) is 0 Å². The van der Waals surface area contributed by atoms with Crippen LogP contribution < -0.4 is 9.47 Å². The molecule has 1 aromatic rings. The standard InChI is InChI=1S/C17H24O3/c1-12(17(2,3)4)10-14(18)13-6-7-15-16(11-13)20-9-5-8-19-15/h6-7,11-12H,5,8-10H2,1-4H3. The molecule has 3 nitrogen and oxygen atoms in total. The van der Waals surface area contributed by atoms with Crippen LogP contribution in [0, 0.1) is 11.3 Å². The van der Waals surface area contributed by atoms with Crippen molar-refractivity contribution >= 4 is 5.78 Å². The fraction of sp³-hybridized carbons (Fsp3) is 0.588. The molecule has 1 heterocycles. The normalized spacial score (nSPS) is 16.4. The van der Waals surface area contributed by atoms with E-state index in [4.69, 9.17) is 9.47 Å². The minimum Gasteiger partial charge on any atom is -0.490 e. The van der Waals surface area contributed by atoms with Gasteiger partial charge in [-0.2, -0.15) is 0 Å². The maximum atomic E-state index is 12.4. The van der Waals surface area contributed by atoms with Crippen molar-refractivity contribution < 1.29 is 14.3 Å². The van der Waals surface area contributed by atoms with Gasteiger partial charge in [-0.3, -0.25) is 4.79 Å². The van der Waals surface area contributed by atoms with Gasteiger partial charge in [0.1, 0.15) is 0 Å². The smallest absolute Gasteiger partial charge is 0.163 e. The monoisotopic (exact) mass is 276 g/mol. The van der Waals surface area contributed by atoms with Gasteiger partial charge in [0.25, 0.3) is 0 Å². The Hall–Kier alpha value is -1.51. The number of rotatable bonds is 3. The van der Waals surface area contributed by atoms with Gasteiger partial charge >= 0.3 is 0 Å². The quantitative estimate of drug-likeness (QED) is 0.780. The predicted molar refractivity (Wildman–Crippen MR) is 79.6 cm³/mol. The molecule has 1 aromatic carbocycles. The lowest BCUT2D eigenvalue weighted by Gasteiger charge is -2.26. The molecule has 0 saturated carbocycles. The third-order valence-electron chi connectivity index (χ3n) is 4.04. The van der Waals surface area contributed by atoms with Gasteiger partial charge in [-0.15, -0.1) is 0 Å². The van der Waals surface area contributed by atoms with E-state index in [1.807, 2.05) is 18.2 Å². The van der Waals surface area contributed by atoms with Crippen molar-refractivity contribution in [3.05, 3.63) is 23.8 Å². The molecule has 0 fully saturated rings. The Labute approximate surface area is 121 Å². The number of ether oxygens (including phenoxy) is 2. The van der Waals surface area contributed by atoms with E-state index in [1.54, 1.807) is 0 Å². The molecule has 1 aliphatic rings. The van der Waals surface area contributed by atoms with Crippen LogP contribution in [0.4, 0.5) is 0 Å². The third-order valence-corrected chi connectivity index (χ3v) is 4.04. The first-order valence-corrected chi connectivity index (χ1v) is 7.31. The second-order valence-corrected chi connectivity index (χ2v) is 6.61. The number of Topliss-reactive ketones (excluding diaryl/α,β-unsaturated/α-hetero) is 1. The number of fused-ring (bicyclic) bond motifs is 1. The summed E-state index contributed by atoms with van der Waals surface area (Å²) in [6.45, 7) is 9.93. The van der Waals surface area contributed by atoms with Crippen molar-refractivity contribution in [3.63, 3.8) is 0 Å². The van der Waals surface area contributed by atoms with E-state index < -0.39 is 0 Å². The Morgan fingerprint density at radius 3 is 2.50 bits per heavy atom. The number of ketones is 1. The summed E-state index contributed by atoms with van der Waals surface area (Å²) in [6, 6.07) is 5.50. The van der Waals surface area contributed by atoms with E-state index >= 15 is 0 Å². The molecular weight excluding hydrogens is 252 g/mol. The van der Waals surface area contributed by atoms with Gasteiger partial charge in [0.05, 0.1) is 13.2 Å². The first kappa shape index (κ1) is 14.9. The summed E-state index contributed by atoms with van der Waals surface area (Å²) < 4.78 is 11.2. The lowest BCUT2D eigenvalue weighted by Crippen LogP contribution is -2.20. The SMILES string of the molecule is CC(CC(=O)c1ccc2c(c1)OCCCO2)C(C)(C)C. The van der Waals surface area contributed by atoms with Gasteiger partial charge < -0.3 is 9.47 Å². The molecule has 0 saturated heterocycles. The van der Waals surface area contributed by atoms with E-state index in [-0.39, 0.29) is 11.2 Å². The third kappa shape index (κ3) is 3.53. The molecular formula is C17H24O3. The number of hydrogen-bond acceptors (Lipinski definition) is 3. The lowest BCUT2D eigenvalue weighted by molar-refractivity contribution is 0.0927. The van der Waals surface area contributed by atoms with Crippen molar-refractivity contribution in [2.45, 2.75) is 40.5 Å². The highest BCUT2D eigenvalue weighted by Crippen LogP contribution is 2.33. The minimum absolute atomic E-state index is 0.140. The molecule has 0 aliphatic carbocycles. The van der Waals surface area contributed by atoms with Crippen LogP contribution in [0.3, 0.4) is 0 Å². The maximum absolute atomic E-state index is 12.4. The maximum Gasteiger partial charge on any atom is 0.163 e. The van der Waals surface area contributed by atoms with Crippen LogP contribution in [-0.2, 0) is 0 Å². The predicted octanol–water partition coefficient (Wildman–Crippen LogP) is 4.10. The topological polar surface area (TPSA) is 35.5 Å². The summed E-state index contributed by atoms with van der Waals surface area (Å²) in [5.41, 5.74) is 0.853. The molecule has 0 amide bonds. The van der Waals surface area contributed by atoms with Gasteiger partial charge in [-0.1, -0.05) is 27.7 Å². The molecule has 3 heteroatoms. The zero-order valence-corrected chi connectivity index (χ0v) is 12.9. The molecule has 0 aromatic heterocycles. The molecule has 2 rings (SSSR count). The molecule has 0 spiro atoms. The van der Waals surface area contributed by atoms with Crippen LogP contribution in [-0.4, -0.2) is 19.0 Å². The van der Waals surface area contributed by atoms with E-state index in [1.165, 1.54) is 0 Å². The zero-order chi connectivity index (χ0) is 14.8. The van der Waals surface area contributed by atoms with Crippen molar-refractivity contribution in [2.75, 3.05) is 13.2 Å². The average Bonchev–Trinajstić information content (AvgIpc) is 2.61. The summed E-state index contributed by atoms with van der Waals surface area (Å²) in [6.07, 6.45) is 1.43. The fourth-order valence-corrected chi connectivity index (χ4v) is 2.04. The first-order valence-electron chi connectivity index (χ1n) is 7.31. The van der Waals surface area contributed by atoms with Crippen LogP contribution in [0.1, 0.15) is 50.9 Å². The summed E-state index contributed by atoms with van der Waals surface area (Å²) in [5.74, 6) is 1.94. The molecule has 0 bridgehead atoms. The highest BCUT2D eigenvalue weighted by molar-refractivity contribution is 5.96. The Bertz CT molecular complexity index is 485. The molecule has 1 atom stereocenters. The van der Waals surface area contributed by atoms with Crippen molar-refractivity contribution in [1.29, 1.82) is 0 Å². The van der Waals surface area contributed by atoms with Crippen LogP contribution >= 0.6 is 0 Å². The summed E-state index contributed by atoms with van der Waals surface area (Å²) in [4.78, 5) is 12.4. The van der Waals surface area contributed by atoms with Crippen LogP contribution in [0.2, 0.25) is 0 Å². The zero-order valence-electron chi connectivity index (χ0n) is 12.9. The Balaban J connectivity index is 2.13. The molecule has 0 radical (unpaired) electrons. The number of carbonyl (C=O) groups excluding carboxylic acids is 1.